The molecule has 0 unspecified atom stereocenters. The number of phenolic OH excluding ortho intramolecular Hbond substituents is 1. The Kier molecular flexibility index (Phi) is 3.63. The molecule has 0 spiro atoms. The van der Waals surface area contributed by atoms with E-state index < -0.39 is 5.97 Å². The first-order chi connectivity index (χ1) is 8.70. The van der Waals surface area contributed by atoms with Crippen LogP contribution in [0.1, 0.15) is 21.5 Å². The second-order valence-corrected chi connectivity index (χ2v) is 4.01. The van der Waals surface area contributed by atoms with Crippen LogP contribution in [0.15, 0.2) is 48.5 Å². The maximum Gasteiger partial charge on any atom is 0.341 e. The van der Waals surface area contributed by atoms with Crippen LogP contribution < -0.4 is 0 Å². The Morgan fingerprint density at radius 1 is 1.11 bits per heavy atom. The molecule has 0 aliphatic rings. The number of benzene rings is 2. The van der Waals surface area contributed by atoms with Crippen LogP contribution in [0.4, 0.5) is 0 Å². The number of hydrogen-bond donors (Lipinski definition) is 1. The number of phenols is 1. The topological polar surface area (TPSA) is 46.5 Å². The number of carbonyl (C=O) groups is 1. The summed E-state index contributed by atoms with van der Waals surface area (Å²) in [6.45, 7) is 0. The third kappa shape index (κ3) is 2.69. The van der Waals surface area contributed by atoms with Gasteiger partial charge in [-0.3, -0.25) is 0 Å². The first-order valence-corrected chi connectivity index (χ1v) is 5.65. The number of carbonyl (C=O) groups excluding carboxylic acids is 1. The van der Waals surface area contributed by atoms with Gasteiger partial charge in [0.25, 0.3) is 0 Å². The molecule has 2 aromatic rings. The number of esters is 1. The third-order valence-corrected chi connectivity index (χ3v) is 2.72. The van der Waals surface area contributed by atoms with Crippen molar-refractivity contribution in [2.75, 3.05) is 7.11 Å². The van der Waals surface area contributed by atoms with E-state index in [0.29, 0.717) is 0 Å². The minimum atomic E-state index is -0.529. The summed E-state index contributed by atoms with van der Waals surface area (Å²) >= 11 is 0. The highest BCUT2D eigenvalue weighted by Crippen LogP contribution is 2.21. The Hall–Kier alpha value is -2.29. The minimum absolute atomic E-state index is 0.0460. The van der Waals surface area contributed by atoms with Gasteiger partial charge in [-0.25, -0.2) is 4.79 Å². The summed E-state index contributed by atoms with van der Waals surface area (Å²) in [5.41, 5.74) is 2.29. The van der Waals surface area contributed by atoms with Gasteiger partial charge in [0.05, 0.1) is 7.11 Å². The van der Waals surface area contributed by atoms with Crippen molar-refractivity contribution in [2.45, 2.75) is 6.42 Å². The normalized spacial score (nSPS) is 10.1. The maximum absolute atomic E-state index is 11.3. The zero-order valence-corrected chi connectivity index (χ0v) is 10.1. The summed E-state index contributed by atoms with van der Waals surface area (Å²) in [5, 5.41) is 9.77. The number of aromatic hydroxyl groups is 1. The van der Waals surface area contributed by atoms with Gasteiger partial charge in [0.1, 0.15) is 11.3 Å². The van der Waals surface area contributed by atoms with Crippen LogP contribution in [0, 0.1) is 0 Å². The van der Waals surface area contributed by atoms with E-state index in [2.05, 4.69) is 4.74 Å². The molecule has 0 aliphatic carbocycles. The molecule has 0 bridgehead atoms. The number of rotatable bonds is 3. The van der Waals surface area contributed by atoms with Gasteiger partial charge >= 0.3 is 5.97 Å². The van der Waals surface area contributed by atoms with E-state index in [1.165, 1.54) is 7.11 Å². The van der Waals surface area contributed by atoms with Crippen molar-refractivity contribution >= 4 is 5.97 Å². The largest absolute Gasteiger partial charge is 0.507 e. The molecule has 0 atom stereocenters. The van der Waals surface area contributed by atoms with Crippen LogP contribution >= 0.6 is 0 Å². The Morgan fingerprint density at radius 3 is 2.44 bits per heavy atom. The van der Waals surface area contributed by atoms with E-state index in [4.69, 9.17) is 0 Å². The zero-order chi connectivity index (χ0) is 13.0. The van der Waals surface area contributed by atoms with Crippen molar-refractivity contribution in [3.05, 3.63) is 65.2 Å². The predicted octanol–water partition coefficient (Wildman–Crippen LogP) is 2.77. The highest BCUT2D eigenvalue weighted by Gasteiger charge is 2.11. The minimum Gasteiger partial charge on any atom is -0.507 e. The standard InChI is InChI=1S/C15H14O3/c1-18-15(17)13-8-7-12(10-14(13)16)9-11-5-3-2-4-6-11/h2-8,10,16H,9H2,1H3. The molecule has 0 radical (unpaired) electrons. The molecule has 0 aliphatic heterocycles. The Bertz CT molecular complexity index is 547. The number of methoxy groups -OCH3 is 1. The van der Waals surface area contributed by atoms with E-state index >= 15 is 0 Å². The molecular weight excluding hydrogens is 228 g/mol. The lowest BCUT2D eigenvalue weighted by atomic mass is 10.0. The van der Waals surface area contributed by atoms with Crippen molar-refractivity contribution in [2.24, 2.45) is 0 Å². The van der Waals surface area contributed by atoms with Crippen LogP contribution in [0.3, 0.4) is 0 Å². The van der Waals surface area contributed by atoms with Gasteiger partial charge in [0.15, 0.2) is 0 Å². The van der Waals surface area contributed by atoms with Crippen LogP contribution in [0.2, 0.25) is 0 Å². The molecule has 1 N–H and O–H groups in total. The Labute approximate surface area is 106 Å². The first kappa shape index (κ1) is 12.2. The SMILES string of the molecule is COC(=O)c1ccc(Cc2ccccc2)cc1O. The van der Waals surface area contributed by atoms with Gasteiger partial charge in [0.2, 0.25) is 0 Å². The second kappa shape index (κ2) is 5.36. The fourth-order valence-electron chi connectivity index (χ4n) is 1.80. The maximum atomic E-state index is 11.3. The lowest BCUT2D eigenvalue weighted by Crippen LogP contribution is -2.02. The molecule has 0 aromatic heterocycles. The van der Waals surface area contributed by atoms with Crippen LogP contribution in [0.25, 0.3) is 0 Å². The van der Waals surface area contributed by atoms with Crippen molar-refractivity contribution in [1.82, 2.24) is 0 Å². The molecule has 92 valence electrons. The Balaban J connectivity index is 2.22. The van der Waals surface area contributed by atoms with Gasteiger partial charge in [0, 0.05) is 0 Å². The van der Waals surface area contributed by atoms with Gasteiger partial charge < -0.3 is 9.84 Å². The summed E-state index contributed by atoms with van der Waals surface area (Å²) in [4.78, 5) is 11.3. The third-order valence-electron chi connectivity index (χ3n) is 2.72. The summed E-state index contributed by atoms with van der Waals surface area (Å²) < 4.78 is 4.58. The monoisotopic (exact) mass is 242 g/mol. The van der Waals surface area contributed by atoms with Gasteiger partial charge in [-0.15, -0.1) is 0 Å². The van der Waals surface area contributed by atoms with Gasteiger partial charge in [-0.2, -0.15) is 0 Å². The first-order valence-electron chi connectivity index (χ1n) is 5.65. The van der Waals surface area contributed by atoms with E-state index in [1.54, 1.807) is 12.1 Å². The fourth-order valence-corrected chi connectivity index (χ4v) is 1.80. The zero-order valence-electron chi connectivity index (χ0n) is 10.1. The molecule has 3 heteroatoms. The Morgan fingerprint density at radius 2 is 1.83 bits per heavy atom. The second-order valence-electron chi connectivity index (χ2n) is 4.01. The smallest absolute Gasteiger partial charge is 0.341 e. The fraction of sp³-hybridized carbons (Fsp3) is 0.133. The summed E-state index contributed by atoms with van der Waals surface area (Å²) in [6, 6.07) is 14.9. The number of ether oxygens (including phenoxy) is 1. The summed E-state index contributed by atoms with van der Waals surface area (Å²) in [7, 11) is 1.29. The van der Waals surface area contributed by atoms with Crippen molar-refractivity contribution < 1.29 is 14.6 Å². The number of hydrogen-bond acceptors (Lipinski definition) is 3. The summed E-state index contributed by atoms with van der Waals surface area (Å²) in [5.74, 6) is -0.575. The van der Waals surface area contributed by atoms with Crippen LogP contribution in [-0.4, -0.2) is 18.2 Å². The quantitative estimate of drug-likeness (QED) is 0.842. The molecule has 3 nitrogen and oxygen atoms in total. The van der Waals surface area contributed by atoms with Crippen molar-refractivity contribution in [3.63, 3.8) is 0 Å². The van der Waals surface area contributed by atoms with Gasteiger partial charge in [-0.05, 0) is 29.7 Å². The molecule has 2 aromatic carbocycles. The lowest BCUT2D eigenvalue weighted by Gasteiger charge is -2.06. The lowest BCUT2D eigenvalue weighted by molar-refractivity contribution is 0.0597. The van der Waals surface area contributed by atoms with Crippen molar-refractivity contribution in [3.8, 4) is 5.75 Å². The molecule has 0 saturated carbocycles. The van der Waals surface area contributed by atoms with Gasteiger partial charge in [-0.1, -0.05) is 36.4 Å². The van der Waals surface area contributed by atoms with E-state index in [1.807, 2.05) is 36.4 Å². The highest BCUT2D eigenvalue weighted by atomic mass is 16.5. The average Bonchev–Trinajstić information content (AvgIpc) is 2.39. The molecular formula is C15H14O3. The predicted molar refractivity (Wildman–Crippen MR) is 68.7 cm³/mol. The molecule has 0 saturated heterocycles. The van der Waals surface area contributed by atoms with Crippen LogP contribution in [0.5, 0.6) is 5.75 Å². The van der Waals surface area contributed by atoms with E-state index in [9.17, 15) is 9.90 Å². The van der Waals surface area contributed by atoms with Crippen molar-refractivity contribution in [1.29, 1.82) is 0 Å². The van der Waals surface area contributed by atoms with E-state index in [-0.39, 0.29) is 11.3 Å². The molecule has 0 fully saturated rings. The highest BCUT2D eigenvalue weighted by molar-refractivity contribution is 5.92. The van der Waals surface area contributed by atoms with Crippen LogP contribution in [-0.2, 0) is 11.2 Å². The average molecular weight is 242 g/mol. The summed E-state index contributed by atoms with van der Waals surface area (Å²) in [6.07, 6.45) is 0.718. The molecule has 0 heterocycles. The molecule has 0 amide bonds. The molecule has 18 heavy (non-hydrogen) atoms. The molecule has 2 rings (SSSR count). The van der Waals surface area contributed by atoms with E-state index in [0.717, 1.165) is 17.5 Å².